The molecule has 1 aromatic rings. The predicted octanol–water partition coefficient (Wildman–Crippen LogP) is 2.79. The Labute approximate surface area is 99.6 Å². The normalized spacial score (nSPS) is 12.1. The van der Waals surface area contributed by atoms with Crippen LogP contribution in [0.1, 0.15) is 26.2 Å². The van der Waals surface area contributed by atoms with E-state index >= 15 is 0 Å². The van der Waals surface area contributed by atoms with Gasteiger partial charge in [-0.3, -0.25) is 0 Å². The smallest absolute Gasteiger partial charge is 0.326 e. The number of carboxylic acids is 1. The molecule has 88 valence electrons. The number of pyridine rings is 1. The van der Waals surface area contributed by atoms with Gasteiger partial charge in [-0.2, -0.15) is 0 Å². The third-order valence-electron chi connectivity index (χ3n) is 2.21. The molecule has 1 aromatic heterocycles. The van der Waals surface area contributed by atoms with E-state index < -0.39 is 12.0 Å². The average molecular weight is 243 g/mol. The van der Waals surface area contributed by atoms with E-state index in [0.29, 0.717) is 17.3 Å². The molecule has 2 N–H and O–H groups in total. The van der Waals surface area contributed by atoms with Crippen molar-refractivity contribution in [2.24, 2.45) is 0 Å². The Kier molecular flexibility index (Phi) is 5.05. The number of nitrogens with zero attached hydrogens (tertiary/aromatic N) is 1. The number of unbranched alkanes of at least 4 members (excludes halogenated alkanes) is 1. The van der Waals surface area contributed by atoms with E-state index in [1.165, 1.54) is 0 Å². The Bertz CT molecular complexity index is 358. The SMILES string of the molecule is CCCCC(Nc1ncccc1Cl)C(=O)O. The van der Waals surface area contributed by atoms with Gasteiger partial charge in [0.15, 0.2) is 0 Å². The molecule has 0 amide bonds. The lowest BCUT2D eigenvalue weighted by Crippen LogP contribution is -2.29. The van der Waals surface area contributed by atoms with E-state index in [1.807, 2.05) is 6.92 Å². The Morgan fingerprint density at radius 3 is 3.00 bits per heavy atom. The van der Waals surface area contributed by atoms with Crippen molar-refractivity contribution in [1.29, 1.82) is 0 Å². The van der Waals surface area contributed by atoms with Gasteiger partial charge in [-0.25, -0.2) is 9.78 Å². The number of rotatable bonds is 6. The molecule has 1 atom stereocenters. The van der Waals surface area contributed by atoms with Gasteiger partial charge >= 0.3 is 5.97 Å². The number of halogens is 1. The molecule has 0 bridgehead atoms. The second-order valence-corrected chi connectivity index (χ2v) is 3.92. The zero-order valence-electron chi connectivity index (χ0n) is 9.11. The van der Waals surface area contributed by atoms with Gasteiger partial charge in [0, 0.05) is 6.20 Å². The first kappa shape index (κ1) is 12.8. The van der Waals surface area contributed by atoms with Crippen LogP contribution in [0.25, 0.3) is 0 Å². The second-order valence-electron chi connectivity index (χ2n) is 3.51. The van der Waals surface area contributed by atoms with E-state index in [4.69, 9.17) is 16.7 Å². The largest absolute Gasteiger partial charge is 0.480 e. The lowest BCUT2D eigenvalue weighted by atomic mass is 10.1. The summed E-state index contributed by atoms with van der Waals surface area (Å²) < 4.78 is 0. The fourth-order valence-corrected chi connectivity index (χ4v) is 1.50. The fourth-order valence-electron chi connectivity index (χ4n) is 1.32. The molecule has 0 spiro atoms. The van der Waals surface area contributed by atoms with E-state index in [0.717, 1.165) is 12.8 Å². The highest BCUT2D eigenvalue weighted by molar-refractivity contribution is 6.32. The number of aromatic nitrogens is 1. The van der Waals surface area contributed by atoms with Gasteiger partial charge in [0.1, 0.15) is 11.9 Å². The molecular weight excluding hydrogens is 228 g/mol. The standard InChI is InChI=1S/C11H15ClN2O2/c1-2-3-6-9(11(15)16)14-10-8(12)5-4-7-13-10/h4-5,7,9H,2-3,6H2,1H3,(H,13,14)(H,15,16). The number of carboxylic acid groups (broad SMARTS) is 1. The van der Waals surface area contributed by atoms with Crippen LogP contribution in [0.4, 0.5) is 5.82 Å². The number of anilines is 1. The first-order valence-corrected chi connectivity index (χ1v) is 5.62. The third-order valence-corrected chi connectivity index (χ3v) is 2.52. The molecule has 0 saturated heterocycles. The van der Waals surface area contributed by atoms with Gasteiger partial charge in [0.25, 0.3) is 0 Å². The van der Waals surface area contributed by atoms with Crippen molar-refractivity contribution in [2.75, 3.05) is 5.32 Å². The summed E-state index contributed by atoms with van der Waals surface area (Å²) in [7, 11) is 0. The maximum Gasteiger partial charge on any atom is 0.326 e. The van der Waals surface area contributed by atoms with Crippen LogP contribution in [0.3, 0.4) is 0 Å². The van der Waals surface area contributed by atoms with Crippen molar-refractivity contribution in [3.8, 4) is 0 Å². The van der Waals surface area contributed by atoms with Gasteiger partial charge in [-0.15, -0.1) is 0 Å². The summed E-state index contributed by atoms with van der Waals surface area (Å²) in [6.07, 6.45) is 3.96. The molecule has 16 heavy (non-hydrogen) atoms. The van der Waals surface area contributed by atoms with Crippen LogP contribution in [0.15, 0.2) is 18.3 Å². The quantitative estimate of drug-likeness (QED) is 0.805. The van der Waals surface area contributed by atoms with Crippen LogP contribution in [-0.2, 0) is 4.79 Å². The highest BCUT2D eigenvalue weighted by Crippen LogP contribution is 2.19. The van der Waals surface area contributed by atoms with Crippen molar-refractivity contribution >= 4 is 23.4 Å². The monoisotopic (exact) mass is 242 g/mol. The molecule has 0 aliphatic rings. The average Bonchev–Trinajstić information content (AvgIpc) is 2.26. The second kappa shape index (κ2) is 6.33. The minimum absolute atomic E-state index is 0.424. The highest BCUT2D eigenvalue weighted by atomic mass is 35.5. The molecule has 5 heteroatoms. The fraction of sp³-hybridized carbons (Fsp3) is 0.455. The molecule has 0 aliphatic heterocycles. The minimum Gasteiger partial charge on any atom is -0.480 e. The van der Waals surface area contributed by atoms with Crippen LogP contribution < -0.4 is 5.32 Å². The number of hydrogen-bond donors (Lipinski definition) is 2. The van der Waals surface area contributed by atoms with Crippen molar-refractivity contribution in [1.82, 2.24) is 4.98 Å². The van der Waals surface area contributed by atoms with E-state index in [-0.39, 0.29) is 0 Å². The van der Waals surface area contributed by atoms with Crippen molar-refractivity contribution in [2.45, 2.75) is 32.2 Å². The summed E-state index contributed by atoms with van der Waals surface area (Å²) in [5, 5.41) is 12.3. The third kappa shape index (κ3) is 3.70. The number of nitrogens with one attached hydrogen (secondary N) is 1. The molecule has 0 radical (unpaired) electrons. The Balaban J connectivity index is 2.68. The molecule has 1 heterocycles. The Morgan fingerprint density at radius 2 is 2.44 bits per heavy atom. The van der Waals surface area contributed by atoms with E-state index in [2.05, 4.69) is 10.3 Å². The maximum atomic E-state index is 11.0. The number of hydrogen-bond acceptors (Lipinski definition) is 3. The first-order valence-electron chi connectivity index (χ1n) is 5.25. The van der Waals surface area contributed by atoms with Crippen LogP contribution in [0.2, 0.25) is 5.02 Å². The molecule has 0 aliphatic carbocycles. The molecular formula is C11H15ClN2O2. The van der Waals surface area contributed by atoms with Crippen LogP contribution in [0.5, 0.6) is 0 Å². The highest BCUT2D eigenvalue weighted by Gasteiger charge is 2.17. The predicted molar refractivity (Wildman–Crippen MR) is 63.8 cm³/mol. The minimum atomic E-state index is -0.879. The zero-order valence-corrected chi connectivity index (χ0v) is 9.87. The lowest BCUT2D eigenvalue weighted by molar-refractivity contribution is -0.138. The first-order chi connectivity index (χ1) is 7.65. The van der Waals surface area contributed by atoms with Crippen molar-refractivity contribution in [3.05, 3.63) is 23.4 Å². The topological polar surface area (TPSA) is 62.2 Å². The summed E-state index contributed by atoms with van der Waals surface area (Å²) in [6.45, 7) is 2.02. The number of aliphatic carboxylic acids is 1. The molecule has 0 fully saturated rings. The van der Waals surface area contributed by atoms with Gasteiger partial charge in [-0.05, 0) is 18.6 Å². The summed E-state index contributed by atoms with van der Waals surface area (Å²) in [5.41, 5.74) is 0. The summed E-state index contributed by atoms with van der Waals surface area (Å²) in [5.74, 6) is -0.456. The number of carbonyl (C=O) groups is 1. The van der Waals surface area contributed by atoms with Crippen molar-refractivity contribution < 1.29 is 9.90 Å². The van der Waals surface area contributed by atoms with Crippen LogP contribution in [-0.4, -0.2) is 22.1 Å². The van der Waals surface area contributed by atoms with E-state index in [9.17, 15) is 4.79 Å². The Morgan fingerprint density at radius 1 is 1.69 bits per heavy atom. The Hall–Kier alpha value is -1.29. The van der Waals surface area contributed by atoms with Gasteiger partial charge in [0.2, 0.25) is 0 Å². The lowest BCUT2D eigenvalue weighted by Gasteiger charge is -2.15. The maximum absolute atomic E-state index is 11.0. The van der Waals surface area contributed by atoms with Gasteiger partial charge in [0.05, 0.1) is 5.02 Å². The summed E-state index contributed by atoms with van der Waals surface area (Å²) in [4.78, 5) is 15.0. The molecule has 1 rings (SSSR count). The molecule has 0 aromatic carbocycles. The van der Waals surface area contributed by atoms with Gasteiger partial charge < -0.3 is 10.4 Å². The molecule has 4 nitrogen and oxygen atoms in total. The van der Waals surface area contributed by atoms with E-state index in [1.54, 1.807) is 18.3 Å². The van der Waals surface area contributed by atoms with Crippen LogP contribution >= 0.6 is 11.6 Å². The van der Waals surface area contributed by atoms with Gasteiger partial charge in [-0.1, -0.05) is 31.4 Å². The molecule has 0 saturated carbocycles. The zero-order chi connectivity index (χ0) is 12.0. The summed E-state index contributed by atoms with van der Waals surface area (Å²) in [6, 6.07) is 2.75. The van der Waals surface area contributed by atoms with Crippen molar-refractivity contribution in [3.63, 3.8) is 0 Å². The van der Waals surface area contributed by atoms with Crippen LogP contribution in [0, 0.1) is 0 Å². The molecule has 1 unspecified atom stereocenters. The summed E-state index contributed by atoms with van der Waals surface area (Å²) >= 11 is 5.89.